The van der Waals surface area contributed by atoms with Gasteiger partial charge in [0.2, 0.25) is 11.8 Å². The topological polar surface area (TPSA) is 96.5 Å². The molecule has 30 heavy (non-hydrogen) atoms. The molecule has 0 aliphatic heterocycles. The van der Waals surface area contributed by atoms with Gasteiger partial charge < -0.3 is 10.1 Å². The van der Waals surface area contributed by atoms with Gasteiger partial charge in [0.1, 0.15) is 0 Å². The van der Waals surface area contributed by atoms with Gasteiger partial charge in [0.15, 0.2) is 12.4 Å². The summed E-state index contributed by atoms with van der Waals surface area (Å²) in [5.41, 5.74) is 7.17. The van der Waals surface area contributed by atoms with Crippen LogP contribution in [-0.4, -0.2) is 24.3 Å². The number of halogens is 3. The van der Waals surface area contributed by atoms with Gasteiger partial charge in [0, 0.05) is 23.6 Å². The first-order valence-corrected chi connectivity index (χ1v) is 10.4. The zero-order valence-corrected chi connectivity index (χ0v) is 19.4. The van der Waals surface area contributed by atoms with Crippen molar-refractivity contribution in [1.29, 1.82) is 0 Å². The quantitative estimate of drug-likeness (QED) is 0.477. The summed E-state index contributed by atoms with van der Waals surface area (Å²) in [7, 11) is 0. The van der Waals surface area contributed by atoms with E-state index in [1.165, 1.54) is 6.07 Å². The fraction of sp³-hybridized carbons (Fsp3) is 0.250. The summed E-state index contributed by atoms with van der Waals surface area (Å²) in [5, 5.41) is 3.41. The highest BCUT2D eigenvalue weighted by Crippen LogP contribution is 2.35. The second-order valence-corrected chi connectivity index (χ2v) is 8.15. The minimum Gasteiger partial charge on any atom is -0.481 e. The van der Waals surface area contributed by atoms with E-state index in [0.717, 1.165) is 11.1 Å². The van der Waals surface area contributed by atoms with Crippen molar-refractivity contribution in [3.8, 4) is 5.75 Å². The molecule has 10 heteroatoms. The lowest BCUT2D eigenvalue weighted by Crippen LogP contribution is -2.44. The largest absolute Gasteiger partial charge is 0.481 e. The predicted octanol–water partition coefficient (Wildman–Crippen LogP) is 4.32. The highest BCUT2D eigenvalue weighted by Gasteiger charge is 2.13. The highest BCUT2D eigenvalue weighted by atomic mass is 79.9. The lowest BCUT2D eigenvalue weighted by atomic mass is 10.1. The standard InChI is InChI=1S/C20H20BrCl2N3O4/c1-11-3-4-16(12(2)7-11)24-17(27)5-6-18(28)25-26-19(29)10-30-20-14(21)8-13(22)9-15(20)23/h3-4,7-9H,5-6,10H2,1-2H3,(H,24,27)(H,25,28)(H,26,29). The smallest absolute Gasteiger partial charge is 0.276 e. The van der Waals surface area contributed by atoms with Gasteiger partial charge in [-0.05, 0) is 53.5 Å². The van der Waals surface area contributed by atoms with Crippen LogP contribution in [0.15, 0.2) is 34.8 Å². The highest BCUT2D eigenvalue weighted by molar-refractivity contribution is 9.10. The first-order valence-electron chi connectivity index (χ1n) is 8.88. The molecule has 0 heterocycles. The third kappa shape index (κ3) is 7.51. The molecule has 0 saturated heterocycles. The van der Waals surface area contributed by atoms with Crippen molar-refractivity contribution in [2.45, 2.75) is 26.7 Å². The number of nitrogens with one attached hydrogen (secondary N) is 3. The fourth-order valence-electron chi connectivity index (χ4n) is 2.44. The number of hydrogen-bond donors (Lipinski definition) is 3. The normalized spacial score (nSPS) is 10.3. The predicted molar refractivity (Wildman–Crippen MR) is 120 cm³/mol. The molecular weight excluding hydrogens is 497 g/mol. The number of anilines is 1. The summed E-state index contributed by atoms with van der Waals surface area (Å²) < 4.78 is 5.83. The number of ether oxygens (including phenoxy) is 1. The van der Waals surface area contributed by atoms with Gasteiger partial charge in [-0.1, -0.05) is 40.9 Å². The SMILES string of the molecule is Cc1ccc(NC(=O)CCC(=O)NNC(=O)COc2c(Cl)cc(Cl)cc2Br)c(C)c1. The molecule has 2 rings (SSSR count). The Balaban J connectivity index is 1.71. The van der Waals surface area contributed by atoms with Gasteiger partial charge in [-0.15, -0.1) is 0 Å². The van der Waals surface area contributed by atoms with Crippen LogP contribution in [0.5, 0.6) is 5.75 Å². The van der Waals surface area contributed by atoms with E-state index in [2.05, 4.69) is 32.1 Å². The van der Waals surface area contributed by atoms with Crippen LogP contribution in [0.3, 0.4) is 0 Å². The maximum Gasteiger partial charge on any atom is 0.276 e. The molecule has 0 saturated carbocycles. The van der Waals surface area contributed by atoms with Crippen molar-refractivity contribution >= 4 is 62.5 Å². The van der Waals surface area contributed by atoms with E-state index in [1.54, 1.807) is 6.07 Å². The number of hydrazine groups is 1. The fourth-order valence-corrected chi connectivity index (χ4v) is 3.80. The zero-order chi connectivity index (χ0) is 22.3. The van der Waals surface area contributed by atoms with E-state index in [4.69, 9.17) is 27.9 Å². The summed E-state index contributed by atoms with van der Waals surface area (Å²) in [4.78, 5) is 35.7. The number of amides is 3. The van der Waals surface area contributed by atoms with Crippen LogP contribution < -0.4 is 20.9 Å². The van der Waals surface area contributed by atoms with Gasteiger partial charge in [0.25, 0.3) is 5.91 Å². The molecule has 0 atom stereocenters. The number of benzene rings is 2. The van der Waals surface area contributed by atoms with Gasteiger partial charge in [0.05, 0.1) is 9.50 Å². The summed E-state index contributed by atoms with van der Waals surface area (Å²) in [6.07, 6.45) is -0.120. The lowest BCUT2D eigenvalue weighted by molar-refractivity contribution is -0.130. The Morgan fingerprint density at radius 1 is 0.967 bits per heavy atom. The van der Waals surface area contributed by atoms with E-state index in [-0.39, 0.29) is 36.1 Å². The number of aryl methyl sites for hydroxylation is 2. The summed E-state index contributed by atoms with van der Waals surface area (Å²) >= 11 is 15.1. The number of rotatable bonds is 7. The summed E-state index contributed by atoms with van der Waals surface area (Å²) in [6.45, 7) is 3.47. The van der Waals surface area contributed by atoms with Crippen molar-refractivity contribution in [3.63, 3.8) is 0 Å². The molecule has 0 aliphatic carbocycles. The Hall–Kier alpha value is -2.29. The van der Waals surface area contributed by atoms with E-state index in [9.17, 15) is 14.4 Å². The molecule has 0 aliphatic rings. The maximum absolute atomic E-state index is 12.0. The van der Waals surface area contributed by atoms with Crippen LogP contribution in [0.1, 0.15) is 24.0 Å². The summed E-state index contributed by atoms with van der Waals surface area (Å²) in [5.74, 6) is -1.15. The van der Waals surface area contributed by atoms with Crippen LogP contribution in [0, 0.1) is 13.8 Å². The Bertz CT molecular complexity index is 946. The molecule has 0 fully saturated rings. The van der Waals surface area contributed by atoms with Gasteiger partial charge in [-0.25, -0.2) is 0 Å². The lowest BCUT2D eigenvalue weighted by Gasteiger charge is -2.12. The number of carbonyl (C=O) groups excluding carboxylic acids is 3. The molecule has 0 spiro atoms. The van der Waals surface area contributed by atoms with E-state index in [0.29, 0.717) is 15.2 Å². The van der Waals surface area contributed by atoms with Gasteiger partial charge in [-0.3, -0.25) is 25.2 Å². The molecule has 7 nitrogen and oxygen atoms in total. The van der Waals surface area contributed by atoms with Crippen LogP contribution >= 0.6 is 39.1 Å². The molecule has 2 aromatic rings. The number of carbonyl (C=O) groups is 3. The molecule has 0 bridgehead atoms. The van der Waals surface area contributed by atoms with Crippen molar-refractivity contribution in [3.05, 3.63) is 56.0 Å². The first kappa shape index (κ1) is 24.0. The van der Waals surface area contributed by atoms with Crippen molar-refractivity contribution < 1.29 is 19.1 Å². The maximum atomic E-state index is 12.0. The van der Waals surface area contributed by atoms with Crippen molar-refractivity contribution in [2.24, 2.45) is 0 Å². The zero-order valence-electron chi connectivity index (χ0n) is 16.3. The van der Waals surface area contributed by atoms with Crippen LogP contribution in [0.25, 0.3) is 0 Å². The van der Waals surface area contributed by atoms with Crippen LogP contribution in [0.4, 0.5) is 5.69 Å². The second kappa shape index (κ2) is 11.2. The average molecular weight is 517 g/mol. The van der Waals surface area contributed by atoms with Gasteiger partial charge >= 0.3 is 0 Å². The average Bonchev–Trinajstić information content (AvgIpc) is 2.66. The molecule has 0 radical (unpaired) electrons. The van der Waals surface area contributed by atoms with Crippen LogP contribution in [-0.2, 0) is 14.4 Å². The molecular formula is C20H20BrCl2N3O4. The molecule has 3 amide bonds. The van der Waals surface area contributed by atoms with E-state index in [1.807, 2.05) is 32.0 Å². The monoisotopic (exact) mass is 515 g/mol. The van der Waals surface area contributed by atoms with Crippen molar-refractivity contribution in [1.82, 2.24) is 10.9 Å². The third-order valence-electron chi connectivity index (χ3n) is 3.89. The van der Waals surface area contributed by atoms with Gasteiger partial charge in [-0.2, -0.15) is 0 Å². The Morgan fingerprint density at radius 3 is 2.30 bits per heavy atom. The van der Waals surface area contributed by atoms with Crippen LogP contribution in [0.2, 0.25) is 10.0 Å². The Morgan fingerprint density at radius 2 is 1.63 bits per heavy atom. The number of hydrogen-bond acceptors (Lipinski definition) is 4. The minimum atomic E-state index is -0.596. The first-order chi connectivity index (χ1) is 14.2. The third-order valence-corrected chi connectivity index (χ3v) is 4.98. The van der Waals surface area contributed by atoms with E-state index < -0.39 is 11.8 Å². The molecule has 160 valence electrons. The van der Waals surface area contributed by atoms with Crippen molar-refractivity contribution in [2.75, 3.05) is 11.9 Å². The second-order valence-electron chi connectivity index (χ2n) is 6.45. The molecule has 3 N–H and O–H groups in total. The summed E-state index contributed by atoms with van der Waals surface area (Å²) in [6, 6.07) is 8.71. The minimum absolute atomic E-state index is 0.0289. The Labute approximate surface area is 192 Å². The molecule has 2 aromatic carbocycles. The molecule has 0 unspecified atom stereocenters. The molecule has 0 aromatic heterocycles. The van der Waals surface area contributed by atoms with E-state index >= 15 is 0 Å². The Kier molecular flexibility index (Phi) is 8.95.